The van der Waals surface area contributed by atoms with Gasteiger partial charge in [0.15, 0.2) is 0 Å². The number of rotatable bonds is 1. The van der Waals surface area contributed by atoms with Gasteiger partial charge < -0.3 is 4.98 Å². The van der Waals surface area contributed by atoms with Crippen molar-refractivity contribution in [3.63, 3.8) is 0 Å². The van der Waals surface area contributed by atoms with Crippen LogP contribution < -0.4 is 11.2 Å². The van der Waals surface area contributed by atoms with Crippen molar-refractivity contribution in [2.45, 2.75) is 0 Å². The molecule has 0 atom stereocenters. The quantitative estimate of drug-likeness (QED) is 0.814. The summed E-state index contributed by atoms with van der Waals surface area (Å²) in [4.78, 5) is 25.4. The Balaban J connectivity index is 2.66. The summed E-state index contributed by atoms with van der Waals surface area (Å²) in [7, 11) is 1.42. The average molecular weight is 237 g/mol. The standard InChI is InChI=1S/C11H9ClN2O2/c1-14-10(15)6-9(13-11(14)16)7-3-2-4-8(12)5-7/h2-6H,1H3,(H,13,16). The van der Waals surface area contributed by atoms with Crippen LogP contribution in [0.3, 0.4) is 0 Å². The number of H-pyrrole nitrogens is 1. The van der Waals surface area contributed by atoms with Crippen LogP contribution in [0.4, 0.5) is 0 Å². The van der Waals surface area contributed by atoms with Crippen molar-refractivity contribution >= 4 is 11.6 Å². The summed E-state index contributed by atoms with van der Waals surface area (Å²) < 4.78 is 1.01. The van der Waals surface area contributed by atoms with Gasteiger partial charge in [-0.3, -0.25) is 9.36 Å². The molecule has 0 aliphatic rings. The lowest BCUT2D eigenvalue weighted by atomic mass is 10.1. The third-order valence-electron chi connectivity index (χ3n) is 2.28. The molecule has 1 aromatic carbocycles. The Morgan fingerprint density at radius 2 is 2.00 bits per heavy atom. The van der Waals surface area contributed by atoms with E-state index < -0.39 is 5.69 Å². The lowest BCUT2D eigenvalue weighted by Crippen LogP contribution is -2.32. The highest BCUT2D eigenvalue weighted by atomic mass is 35.5. The number of nitrogens with zero attached hydrogens (tertiary/aromatic N) is 1. The summed E-state index contributed by atoms with van der Waals surface area (Å²) in [6.07, 6.45) is 0. The second-order valence-electron chi connectivity index (χ2n) is 3.40. The number of hydrogen-bond donors (Lipinski definition) is 1. The van der Waals surface area contributed by atoms with Crippen LogP contribution in [0.2, 0.25) is 5.02 Å². The van der Waals surface area contributed by atoms with Crippen molar-refractivity contribution in [1.82, 2.24) is 9.55 Å². The predicted octanol–water partition coefficient (Wildman–Crippen LogP) is 1.39. The molecule has 4 nitrogen and oxygen atoms in total. The van der Waals surface area contributed by atoms with Crippen molar-refractivity contribution in [3.05, 3.63) is 56.2 Å². The molecule has 0 aliphatic heterocycles. The number of nitrogens with one attached hydrogen (secondary N) is 1. The van der Waals surface area contributed by atoms with E-state index in [2.05, 4.69) is 4.98 Å². The van der Waals surface area contributed by atoms with Gasteiger partial charge in [0.1, 0.15) is 0 Å². The first kappa shape index (κ1) is 10.7. The maximum absolute atomic E-state index is 11.4. The molecule has 0 bridgehead atoms. The van der Waals surface area contributed by atoms with Crippen molar-refractivity contribution in [2.24, 2.45) is 7.05 Å². The Morgan fingerprint density at radius 1 is 1.25 bits per heavy atom. The first-order valence-electron chi connectivity index (χ1n) is 4.64. The number of halogens is 1. The molecule has 1 aromatic heterocycles. The van der Waals surface area contributed by atoms with E-state index in [-0.39, 0.29) is 5.56 Å². The summed E-state index contributed by atoms with van der Waals surface area (Å²) in [5, 5.41) is 0.555. The van der Waals surface area contributed by atoms with Gasteiger partial charge in [-0.05, 0) is 17.7 Å². The molecule has 0 amide bonds. The zero-order chi connectivity index (χ0) is 11.7. The fourth-order valence-corrected chi connectivity index (χ4v) is 1.56. The van der Waals surface area contributed by atoms with E-state index in [1.165, 1.54) is 13.1 Å². The highest BCUT2D eigenvalue weighted by molar-refractivity contribution is 6.30. The Kier molecular flexibility index (Phi) is 2.66. The maximum Gasteiger partial charge on any atom is 0.328 e. The monoisotopic (exact) mass is 236 g/mol. The van der Waals surface area contributed by atoms with E-state index >= 15 is 0 Å². The Bertz CT molecular complexity index is 612. The lowest BCUT2D eigenvalue weighted by Gasteiger charge is -2.02. The minimum atomic E-state index is -0.442. The molecule has 1 N–H and O–H groups in total. The molecular formula is C11H9ClN2O2. The van der Waals surface area contributed by atoms with Crippen molar-refractivity contribution < 1.29 is 0 Å². The lowest BCUT2D eigenvalue weighted by molar-refractivity contribution is 0.778. The zero-order valence-corrected chi connectivity index (χ0v) is 9.28. The van der Waals surface area contributed by atoms with Crippen molar-refractivity contribution in [2.75, 3.05) is 0 Å². The van der Waals surface area contributed by atoms with Crippen molar-refractivity contribution in [3.8, 4) is 11.3 Å². The van der Waals surface area contributed by atoms with Crippen LogP contribution >= 0.6 is 11.6 Å². The second kappa shape index (κ2) is 3.98. The van der Waals surface area contributed by atoms with Gasteiger partial charge >= 0.3 is 5.69 Å². The molecule has 0 spiro atoms. The third kappa shape index (κ3) is 1.92. The summed E-state index contributed by atoms with van der Waals surface area (Å²) in [5.41, 5.74) is 0.388. The van der Waals surface area contributed by atoms with Gasteiger partial charge in [0, 0.05) is 18.1 Å². The fourth-order valence-electron chi connectivity index (χ4n) is 1.37. The molecule has 2 rings (SSSR count). The molecule has 1 heterocycles. The van der Waals surface area contributed by atoms with Gasteiger partial charge in [-0.2, -0.15) is 0 Å². The van der Waals surface area contributed by atoms with E-state index in [4.69, 9.17) is 11.6 Å². The number of aromatic amines is 1. The molecule has 2 aromatic rings. The second-order valence-corrected chi connectivity index (χ2v) is 3.83. The molecule has 0 unspecified atom stereocenters. The number of hydrogen-bond acceptors (Lipinski definition) is 2. The summed E-state index contributed by atoms with van der Waals surface area (Å²) in [6.45, 7) is 0. The number of aromatic nitrogens is 2. The van der Waals surface area contributed by atoms with Crippen LogP contribution in [0.15, 0.2) is 39.9 Å². The van der Waals surface area contributed by atoms with Crippen LogP contribution in [0.1, 0.15) is 0 Å². The van der Waals surface area contributed by atoms with E-state index in [0.29, 0.717) is 16.3 Å². The van der Waals surface area contributed by atoms with Gasteiger partial charge in [0.2, 0.25) is 0 Å². The van der Waals surface area contributed by atoms with Crippen LogP contribution in [-0.4, -0.2) is 9.55 Å². The minimum Gasteiger partial charge on any atom is -0.307 e. The zero-order valence-electron chi connectivity index (χ0n) is 8.53. The predicted molar refractivity (Wildman–Crippen MR) is 62.7 cm³/mol. The highest BCUT2D eigenvalue weighted by Gasteiger charge is 2.03. The van der Waals surface area contributed by atoms with Crippen LogP contribution in [-0.2, 0) is 7.05 Å². The van der Waals surface area contributed by atoms with Gasteiger partial charge in [0.05, 0.1) is 5.69 Å². The molecule has 0 fully saturated rings. The van der Waals surface area contributed by atoms with E-state index in [1.54, 1.807) is 24.3 Å². The largest absolute Gasteiger partial charge is 0.328 e. The Morgan fingerprint density at radius 3 is 2.62 bits per heavy atom. The molecule has 0 aliphatic carbocycles. The Labute approximate surface area is 96.1 Å². The van der Waals surface area contributed by atoms with Gasteiger partial charge in [0.25, 0.3) is 5.56 Å². The first-order valence-corrected chi connectivity index (χ1v) is 5.02. The van der Waals surface area contributed by atoms with Crippen LogP contribution in [0.5, 0.6) is 0 Å². The molecule has 0 radical (unpaired) electrons. The normalized spacial score (nSPS) is 10.4. The summed E-state index contributed by atoms with van der Waals surface area (Å²) in [5.74, 6) is 0. The van der Waals surface area contributed by atoms with E-state index in [9.17, 15) is 9.59 Å². The molecule has 5 heteroatoms. The van der Waals surface area contributed by atoms with Crippen LogP contribution in [0, 0.1) is 0 Å². The average Bonchev–Trinajstić information content (AvgIpc) is 2.25. The fraction of sp³-hybridized carbons (Fsp3) is 0.0909. The van der Waals surface area contributed by atoms with E-state index in [1.807, 2.05) is 0 Å². The highest BCUT2D eigenvalue weighted by Crippen LogP contribution is 2.18. The first-order chi connectivity index (χ1) is 7.58. The van der Waals surface area contributed by atoms with Crippen molar-refractivity contribution in [1.29, 1.82) is 0 Å². The molecule has 16 heavy (non-hydrogen) atoms. The number of benzene rings is 1. The summed E-state index contributed by atoms with van der Waals surface area (Å²) in [6, 6.07) is 8.31. The molecule has 0 saturated heterocycles. The van der Waals surface area contributed by atoms with Gasteiger partial charge in [-0.25, -0.2) is 4.79 Å². The Hall–Kier alpha value is -1.81. The SMILES string of the molecule is Cn1c(=O)cc(-c2cccc(Cl)c2)[nH]c1=O. The van der Waals surface area contributed by atoms with E-state index in [0.717, 1.165) is 4.57 Å². The molecular weight excluding hydrogens is 228 g/mol. The molecule has 0 saturated carbocycles. The van der Waals surface area contributed by atoms with Gasteiger partial charge in [-0.1, -0.05) is 23.7 Å². The smallest absolute Gasteiger partial charge is 0.307 e. The maximum atomic E-state index is 11.4. The summed E-state index contributed by atoms with van der Waals surface area (Å²) >= 11 is 5.83. The van der Waals surface area contributed by atoms with Gasteiger partial charge in [-0.15, -0.1) is 0 Å². The molecule has 82 valence electrons. The topological polar surface area (TPSA) is 54.9 Å². The van der Waals surface area contributed by atoms with Crippen LogP contribution in [0.25, 0.3) is 11.3 Å². The third-order valence-corrected chi connectivity index (χ3v) is 2.52. The minimum absolute atomic E-state index is 0.348.